The van der Waals surface area contributed by atoms with Crippen molar-refractivity contribution in [3.05, 3.63) is 27.8 Å². The lowest BCUT2D eigenvalue weighted by Crippen LogP contribution is -2.42. The van der Waals surface area contributed by atoms with Crippen molar-refractivity contribution in [3.8, 4) is 0 Å². The first-order valence-corrected chi connectivity index (χ1v) is 8.25. The minimum Gasteiger partial charge on any atom is -0.451 e. The van der Waals surface area contributed by atoms with Crippen LogP contribution in [0, 0.1) is 20.8 Å². The van der Waals surface area contributed by atoms with Crippen molar-refractivity contribution < 1.29 is 14.3 Å². The summed E-state index contributed by atoms with van der Waals surface area (Å²) in [6.45, 7) is 11.2. The number of aromatic nitrogens is 1. The molecule has 0 saturated heterocycles. The van der Waals surface area contributed by atoms with E-state index in [-0.39, 0.29) is 18.1 Å². The maximum atomic E-state index is 12.3. The molecule has 2 aromatic rings. The van der Waals surface area contributed by atoms with Crippen molar-refractivity contribution in [1.82, 2.24) is 10.3 Å². The molecule has 0 unspecified atom stereocenters. The molecule has 23 heavy (non-hydrogen) atoms. The molecule has 2 rings (SSSR count). The lowest BCUT2D eigenvalue weighted by atomic mass is 10.1. The Morgan fingerprint density at radius 2 is 1.91 bits per heavy atom. The molecule has 1 amide bonds. The average Bonchev–Trinajstić information content (AvgIpc) is 2.71. The fraction of sp³-hybridized carbons (Fsp3) is 0.471. The van der Waals surface area contributed by atoms with Crippen molar-refractivity contribution in [2.75, 3.05) is 6.61 Å². The molecule has 0 bridgehead atoms. The van der Waals surface area contributed by atoms with Gasteiger partial charge in [-0.25, -0.2) is 9.78 Å². The van der Waals surface area contributed by atoms with Crippen LogP contribution in [-0.4, -0.2) is 29.0 Å². The second-order valence-corrected chi connectivity index (χ2v) is 7.69. The van der Waals surface area contributed by atoms with Crippen LogP contribution in [0.5, 0.6) is 0 Å². The molecular formula is C17H22N2O3S. The van der Waals surface area contributed by atoms with Gasteiger partial charge in [-0.1, -0.05) is 0 Å². The van der Waals surface area contributed by atoms with Gasteiger partial charge in [-0.05, 0) is 58.7 Å². The van der Waals surface area contributed by atoms with Crippen molar-refractivity contribution in [2.24, 2.45) is 0 Å². The molecule has 0 radical (unpaired) electrons. The number of hydrogen-bond acceptors (Lipinski definition) is 5. The standard InChI is InChI=1S/C17H22N2O3S/c1-9-7-10(2)18-15-13(9)11(3)14(23-15)16(21)22-8-12(20)19-17(4,5)6/h7H,8H2,1-6H3,(H,19,20). The van der Waals surface area contributed by atoms with Crippen LogP contribution >= 0.6 is 11.3 Å². The predicted octanol–water partition coefficient (Wildman–Crippen LogP) is 3.29. The maximum Gasteiger partial charge on any atom is 0.349 e. The van der Waals surface area contributed by atoms with E-state index in [4.69, 9.17) is 4.74 Å². The number of thiophene rings is 1. The summed E-state index contributed by atoms with van der Waals surface area (Å²) < 4.78 is 5.15. The van der Waals surface area contributed by atoms with E-state index in [1.54, 1.807) is 0 Å². The van der Waals surface area contributed by atoms with E-state index in [0.717, 1.165) is 27.0 Å². The van der Waals surface area contributed by atoms with Crippen molar-refractivity contribution in [2.45, 2.75) is 47.1 Å². The predicted molar refractivity (Wildman–Crippen MR) is 92.0 cm³/mol. The molecule has 0 aliphatic carbocycles. The normalized spacial score (nSPS) is 11.6. The van der Waals surface area contributed by atoms with Gasteiger partial charge in [-0.2, -0.15) is 0 Å². The van der Waals surface area contributed by atoms with Crippen molar-refractivity contribution >= 4 is 33.4 Å². The molecule has 1 N–H and O–H groups in total. The number of aryl methyl sites for hydroxylation is 3. The number of nitrogens with zero attached hydrogens (tertiary/aromatic N) is 1. The summed E-state index contributed by atoms with van der Waals surface area (Å²) in [4.78, 5) is 29.8. The summed E-state index contributed by atoms with van der Waals surface area (Å²) in [7, 11) is 0. The van der Waals surface area contributed by atoms with Gasteiger partial charge in [0.25, 0.3) is 5.91 Å². The quantitative estimate of drug-likeness (QED) is 0.875. The summed E-state index contributed by atoms with van der Waals surface area (Å²) in [5.74, 6) is -0.790. The maximum absolute atomic E-state index is 12.3. The molecular weight excluding hydrogens is 312 g/mol. The van der Waals surface area contributed by atoms with E-state index < -0.39 is 5.97 Å². The summed E-state index contributed by atoms with van der Waals surface area (Å²) in [6, 6.07) is 1.99. The molecule has 6 heteroatoms. The van der Waals surface area contributed by atoms with E-state index >= 15 is 0 Å². The van der Waals surface area contributed by atoms with Crippen LogP contribution in [0.3, 0.4) is 0 Å². The van der Waals surface area contributed by atoms with E-state index in [0.29, 0.717) is 4.88 Å². The van der Waals surface area contributed by atoms with E-state index in [2.05, 4.69) is 10.3 Å². The summed E-state index contributed by atoms with van der Waals surface area (Å²) in [6.07, 6.45) is 0. The number of fused-ring (bicyclic) bond motifs is 1. The van der Waals surface area contributed by atoms with Gasteiger partial charge in [0.2, 0.25) is 0 Å². The number of nitrogens with one attached hydrogen (secondary N) is 1. The van der Waals surface area contributed by atoms with Gasteiger partial charge in [0.1, 0.15) is 9.71 Å². The number of pyridine rings is 1. The molecule has 0 aliphatic rings. The van der Waals surface area contributed by atoms with E-state index in [1.807, 2.05) is 47.6 Å². The summed E-state index contributed by atoms with van der Waals surface area (Å²) in [5, 5.41) is 3.75. The first kappa shape index (κ1) is 17.4. The Labute approximate surface area is 140 Å². The van der Waals surface area contributed by atoms with Crippen LogP contribution < -0.4 is 5.32 Å². The Hall–Kier alpha value is -1.95. The summed E-state index contributed by atoms with van der Waals surface area (Å²) in [5.41, 5.74) is 2.51. The third-order valence-electron chi connectivity index (χ3n) is 3.26. The average molecular weight is 334 g/mol. The fourth-order valence-corrected chi connectivity index (χ4v) is 3.66. The Morgan fingerprint density at radius 1 is 1.26 bits per heavy atom. The fourth-order valence-electron chi connectivity index (χ4n) is 2.47. The highest BCUT2D eigenvalue weighted by Crippen LogP contribution is 2.32. The topological polar surface area (TPSA) is 68.3 Å². The van der Waals surface area contributed by atoms with Gasteiger partial charge in [-0.15, -0.1) is 11.3 Å². The highest BCUT2D eigenvalue weighted by atomic mass is 32.1. The van der Waals surface area contributed by atoms with Crippen LogP contribution in [0.15, 0.2) is 6.07 Å². The first-order valence-electron chi connectivity index (χ1n) is 7.44. The SMILES string of the molecule is Cc1cc(C)c2c(C)c(C(=O)OCC(=O)NC(C)(C)C)sc2n1. The lowest BCUT2D eigenvalue weighted by Gasteiger charge is -2.20. The third kappa shape index (κ3) is 4.07. The van der Waals surface area contributed by atoms with E-state index in [9.17, 15) is 9.59 Å². The van der Waals surface area contributed by atoms with Crippen LogP contribution in [0.4, 0.5) is 0 Å². The Balaban J connectivity index is 2.17. The highest BCUT2D eigenvalue weighted by Gasteiger charge is 2.21. The van der Waals surface area contributed by atoms with Gasteiger partial charge in [-0.3, -0.25) is 4.79 Å². The second kappa shape index (κ2) is 6.28. The number of ether oxygens (including phenoxy) is 1. The molecule has 0 saturated carbocycles. The minimum atomic E-state index is -0.480. The zero-order chi connectivity index (χ0) is 17.4. The van der Waals surface area contributed by atoms with Gasteiger partial charge < -0.3 is 10.1 Å². The number of carbonyl (C=O) groups is 2. The molecule has 124 valence electrons. The van der Waals surface area contributed by atoms with Crippen LogP contribution in [0.25, 0.3) is 10.2 Å². The number of amides is 1. The highest BCUT2D eigenvalue weighted by molar-refractivity contribution is 7.20. The number of rotatable bonds is 3. The van der Waals surface area contributed by atoms with Crippen molar-refractivity contribution in [1.29, 1.82) is 0 Å². The first-order chi connectivity index (χ1) is 10.6. The van der Waals surface area contributed by atoms with Crippen LogP contribution in [-0.2, 0) is 9.53 Å². The molecule has 0 aliphatic heterocycles. The Bertz CT molecular complexity index is 772. The molecule has 2 aromatic heterocycles. The zero-order valence-corrected chi connectivity index (χ0v) is 15.2. The molecule has 0 fully saturated rings. The molecule has 5 nitrogen and oxygen atoms in total. The number of esters is 1. The van der Waals surface area contributed by atoms with E-state index in [1.165, 1.54) is 11.3 Å². The number of hydrogen-bond donors (Lipinski definition) is 1. The van der Waals surface area contributed by atoms with Gasteiger partial charge in [0.05, 0.1) is 0 Å². The Morgan fingerprint density at radius 3 is 2.52 bits per heavy atom. The largest absolute Gasteiger partial charge is 0.451 e. The molecule has 0 spiro atoms. The minimum absolute atomic E-state index is 0.283. The van der Waals surface area contributed by atoms with Crippen LogP contribution in [0.1, 0.15) is 47.3 Å². The van der Waals surface area contributed by atoms with Gasteiger partial charge >= 0.3 is 5.97 Å². The monoisotopic (exact) mass is 334 g/mol. The summed E-state index contributed by atoms with van der Waals surface area (Å²) >= 11 is 1.31. The molecule has 2 heterocycles. The number of carbonyl (C=O) groups excluding carboxylic acids is 2. The van der Waals surface area contributed by atoms with Crippen LogP contribution in [0.2, 0.25) is 0 Å². The van der Waals surface area contributed by atoms with Crippen molar-refractivity contribution in [3.63, 3.8) is 0 Å². The van der Waals surface area contributed by atoms with Gasteiger partial charge in [0.15, 0.2) is 6.61 Å². The lowest BCUT2D eigenvalue weighted by molar-refractivity contribution is -0.125. The molecule has 0 atom stereocenters. The third-order valence-corrected chi connectivity index (χ3v) is 4.43. The second-order valence-electron chi connectivity index (χ2n) is 6.69. The Kier molecular flexibility index (Phi) is 4.75. The molecule has 0 aromatic carbocycles. The van der Waals surface area contributed by atoms with Gasteiger partial charge in [0, 0.05) is 16.6 Å². The smallest absolute Gasteiger partial charge is 0.349 e. The zero-order valence-electron chi connectivity index (χ0n) is 14.4.